The van der Waals surface area contributed by atoms with Crippen molar-refractivity contribution in [1.29, 1.82) is 0 Å². The summed E-state index contributed by atoms with van der Waals surface area (Å²) in [5.41, 5.74) is 2.87. The molecule has 6 nitrogen and oxygen atoms in total. The van der Waals surface area contributed by atoms with Gasteiger partial charge in [0.05, 0.1) is 17.6 Å². The van der Waals surface area contributed by atoms with Crippen molar-refractivity contribution >= 4 is 23.7 Å². The Morgan fingerprint density at radius 1 is 1.00 bits per heavy atom. The van der Waals surface area contributed by atoms with Crippen LogP contribution < -0.4 is 10.6 Å². The van der Waals surface area contributed by atoms with E-state index in [0.29, 0.717) is 11.7 Å². The van der Waals surface area contributed by atoms with Crippen LogP contribution in [0.5, 0.6) is 0 Å². The van der Waals surface area contributed by atoms with Crippen LogP contribution in [0.3, 0.4) is 0 Å². The van der Waals surface area contributed by atoms with Gasteiger partial charge in [-0.25, -0.2) is 9.78 Å². The van der Waals surface area contributed by atoms with Crippen molar-refractivity contribution in [3.63, 3.8) is 0 Å². The molecular weight excluding hydrogens is 348 g/mol. The largest absolute Gasteiger partial charge is 0.334 e. The number of aromatic nitrogens is 2. The number of urea groups is 1. The van der Waals surface area contributed by atoms with Gasteiger partial charge < -0.3 is 10.3 Å². The van der Waals surface area contributed by atoms with Crippen LogP contribution in [0.15, 0.2) is 72.0 Å². The maximum Gasteiger partial charge on any atom is 0.321 e. The quantitative estimate of drug-likeness (QED) is 0.585. The fraction of sp³-hybridized carbons (Fsp3) is 0.105. The highest BCUT2D eigenvalue weighted by atomic mass is 32.2. The molecule has 0 unspecified atom stereocenters. The van der Waals surface area contributed by atoms with E-state index in [9.17, 15) is 9.59 Å². The molecule has 0 radical (unpaired) electrons. The molecule has 0 saturated heterocycles. The number of hydrogen-bond donors (Lipinski definition) is 3. The van der Waals surface area contributed by atoms with Gasteiger partial charge in [0.1, 0.15) is 0 Å². The van der Waals surface area contributed by atoms with Crippen LogP contribution in [0.25, 0.3) is 11.3 Å². The Hall–Kier alpha value is -3.06. The molecule has 2 aromatic carbocycles. The van der Waals surface area contributed by atoms with Crippen LogP contribution in [-0.4, -0.2) is 27.7 Å². The molecule has 0 atom stereocenters. The van der Waals surface area contributed by atoms with Crippen LogP contribution in [-0.2, 0) is 11.3 Å². The molecule has 132 valence electrons. The van der Waals surface area contributed by atoms with E-state index in [2.05, 4.69) is 20.6 Å². The lowest BCUT2D eigenvalue weighted by Crippen LogP contribution is -2.39. The molecule has 0 spiro atoms. The summed E-state index contributed by atoms with van der Waals surface area (Å²) in [5.74, 6) is -0.279. The predicted molar refractivity (Wildman–Crippen MR) is 102 cm³/mol. The highest BCUT2D eigenvalue weighted by Crippen LogP contribution is 2.20. The van der Waals surface area contributed by atoms with Crippen LogP contribution in [0.4, 0.5) is 4.79 Å². The first-order chi connectivity index (χ1) is 12.7. The lowest BCUT2D eigenvalue weighted by molar-refractivity contribution is -0.117. The topological polar surface area (TPSA) is 86.9 Å². The van der Waals surface area contributed by atoms with Gasteiger partial charge in [0.2, 0.25) is 5.91 Å². The standard InChI is InChI=1S/C19H18N4O2S/c24-17(23-18(25)20-11-14-7-3-1-4-8-14)13-26-19-21-12-16(22-19)15-9-5-2-6-10-15/h1-10,12H,11,13H2,(H,21,22)(H2,20,23,24,25). The number of thioether (sulfide) groups is 1. The number of nitrogens with zero attached hydrogens (tertiary/aromatic N) is 1. The normalized spacial score (nSPS) is 10.3. The monoisotopic (exact) mass is 366 g/mol. The molecule has 3 rings (SSSR count). The summed E-state index contributed by atoms with van der Waals surface area (Å²) < 4.78 is 0. The SMILES string of the molecule is O=C(CSc1ncc(-c2ccccc2)[nH]1)NC(=O)NCc1ccccc1. The molecule has 0 fully saturated rings. The molecule has 3 N–H and O–H groups in total. The summed E-state index contributed by atoms with van der Waals surface area (Å²) in [5, 5.41) is 5.59. The second kappa shape index (κ2) is 8.87. The molecule has 0 saturated carbocycles. The van der Waals surface area contributed by atoms with Gasteiger partial charge in [-0.3, -0.25) is 10.1 Å². The minimum atomic E-state index is -0.510. The number of aromatic amines is 1. The summed E-state index contributed by atoms with van der Waals surface area (Å²) in [6.07, 6.45) is 1.72. The van der Waals surface area contributed by atoms with E-state index >= 15 is 0 Å². The van der Waals surface area contributed by atoms with Gasteiger partial charge in [-0.2, -0.15) is 0 Å². The van der Waals surface area contributed by atoms with E-state index in [0.717, 1.165) is 16.8 Å². The molecule has 1 aromatic heterocycles. The van der Waals surface area contributed by atoms with E-state index in [1.54, 1.807) is 6.20 Å². The van der Waals surface area contributed by atoms with Crippen molar-refractivity contribution in [2.75, 3.05) is 5.75 Å². The average Bonchev–Trinajstić information content (AvgIpc) is 3.15. The Labute approximate surface area is 155 Å². The molecule has 0 bridgehead atoms. The van der Waals surface area contributed by atoms with E-state index < -0.39 is 6.03 Å². The Morgan fingerprint density at radius 2 is 1.69 bits per heavy atom. The zero-order valence-electron chi connectivity index (χ0n) is 13.9. The van der Waals surface area contributed by atoms with Crippen LogP contribution in [0.1, 0.15) is 5.56 Å². The molecule has 0 aliphatic heterocycles. The zero-order chi connectivity index (χ0) is 18.2. The number of imidazole rings is 1. The minimum Gasteiger partial charge on any atom is -0.334 e. The molecule has 3 aromatic rings. The van der Waals surface area contributed by atoms with Gasteiger partial charge >= 0.3 is 6.03 Å². The summed E-state index contributed by atoms with van der Waals surface area (Å²) in [6, 6.07) is 18.8. The minimum absolute atomic E-state index is 0.0977. The third kappa shape index (κ3) is 5.22. The van der Waals surface area contributed by atoms with Crippen LogP contribution in [0, 0.1) is 0 Å². The first-order valence-corrected chi connectivity index (χ1v) is 9.04. The molecule has 0 aliphatic rings. The second-order valence-corrected chi connectivity index (χ2v) is 6.44. The maximum absolute atomic E-state index is 11.9. The van der Waals surface area contributed by atoms with E-state index in [1.165, 1.54) is 11.8 Å². The van der Waals surface area contributed by atoms with Crippen molar-refractivity contribution in [1.82, 2.24) is 20.6 Å². The molecule has 1 heterocycles. The number of carbonyl (C=O) groups is 2. The van der Waals surface area contributed by atoms with Crippen molar-refractivity contribution in [3.8, 4) is 11.3 Å². The Morgan fingerprint density at radius 3 is 2.42 bits per heavy atom. The summed E-state index contributed by atoms with van der Waals surface area (Å²) in [4.78, 5) is 31.0. The van der Waals surface area contributed by atoms with Gasteiger partial charge in [0.15, 0.2) is 5.16 Å². The Kier molecular flexibility index (Phi) is 6.05. The summed E-state index contributed by atoms with van der Waals surface area (Å²) in [6.45, 7) is 0.367. The highest BCUT2D eigenvalue weighted by molar-refractivity contribution is 7.99. The number of amides is 3. The van der Waals surface area contributed by atoms with Crippen molar-refractivity contribution in [3.05, 3.63) is 72.4 Å². The Balaban J connectivity index is 1.42. The fourth-order valence-electron chi connectivity index (χ4n) is 2.26. The number of rotatable bonds is 6. The zero-order valence-corrected chi connectivity index (χ0v) is 14.8. The van der Waals surface area contributed by atoms with E-state index in [4.69, 9.17) is 0 Å². The number of carbonyl (C=O) groups excluding carboxylic acids is 2. The van der Waals surface area contributed by atoms with Crippen LogP contribution in [0.2, 0.25) is 0 Å². The van der Waals surface area contributed by atoms with Crippen molar-refractivity contribution in [2.24, 2.45) is 0 Å². The van der Waals surface area contributed by atoms with E-state index in [1.807, 2.05) is 60.7 Å². The van der Waals surface area contributed by atoms with Gasteiger partial charge in [-0.05, 0) is 11.1 Å². The average molecular weight is 366 g/mol. The molecular formula is C19H18N4O2S. The predicted octanol–water partition coefficient (Wildman–Crippen LogP) is 3.19. The number of hydrogen-bond acceptors (Lipinski definition) is 4. The van der Waals surface area contributed by atoms with Gasteiger partial charge in [0.25, 0.3) is 0 Å². The molecule has 3 amide bonds. The number of imide groups is 1. The van der Waals surface area contributed by atoms with Crippen molar-refractivity contribution < 1.29 is 9.59 Å². The van der Waals surface area contributed by atoms with Gasteiger partial charge in [-0.15, -0.1) is 0 Å². The fourth-order valence-corrected chi connectivity index (χ4v) is 2.91. The second-order valence-electron chi connectivity index (χ2n) is 5.47. The van der Waals surface area contributed by atoms with Gasteiger partial charge in [-0.1, -0.05) is 72.4 Å². The first kappa shape index (κ1) is 17.8. The smallest absolute Gasteiger partial charge is 0.321 e. The third-order valence-electron chi connectivity index (χ3n) is 3.53. The molecule has 7 heteroatoms. The summed E-state index contributed by atoms with van der Waals surface area (Å²) >= 11 is 1.24. The number of benzene rings is 2. The maximum atomic E-state index is 11.9. The Bertz CT molecular complexity index is 866. The number of nitrogens with one attached hydrogen (secondary N) is 3. The summed E-state index contributed by atoms with van der Waals surface area (Å²) in [7, 11) is 0. The molecule has 26 heavy (non-hydrogen) atoms. The van der Waals surface area contributed by atoms with E-state index in [-0.39, 0.29) is 11.7 Å². The lowest BCUT2D eigenvalue weighted by Gasteiger charge is -2.06. The third-order valence-corrected chi connectivity index (χ3v) is 4.41. The lowest BCUT2D eigenvalue weighted by atomic mass is 10.2. The van der Waals surface area contributed by atoms with Crippen LogP contribution >= 0.6 is 11.8 Å². The van der Waals surface area contributed by atoms with Gasteiger partial charge in [0, 0.05) is 6.54 Å². The highest BCUT2D eigenvalue weighted by Gasteiger charge is 2.10. The van der Waals surface area contributed by atoms with Crippen molar-refractivity contribution in [2.45, 2.75) is 11.7 Å². The number of H-pyrrole nitrogens is 1. The first-order valence-electron chi connectivity index (χ1n) is 8.05. The molecule has 0 aliphatic carbocycles.